The van der Waals surface area contributed by atoms with Crippen LogP contribution in [0.5, 0.6) is 0 Å². The first-order valence-electron chi connectivity index (χ1n) is 10.4. The Morgan fingerprint density at radius 1 is 1.03 bits per heavy atom. The van der Waals surface area contributed by atoms with E-state index < -0.39 is 10.0 Å². The zero-order valence-corrected chi connectivity index (χ0v) is 20.6. The third kappa shape index (κ3) is 5.59. The van der Waals surface area contributed by atoms with Crippen molar-refractivity contribution in [2.45, 2.75) is 10.8 Å². The van der Waals surface area contributed by atoms with Crippen LogP contribution in [0.2, 0.25) is 10.0 Å². The maximum atomic E-state index is 13.0. The van der Waals surface area contributed by atoms with Crippen LogP contribution in [0, 0.1) is 0 Å². The molecule has 0 spiro atoms. The summed E-state index contributed by atoms with van der Waals surface area (Å²) >= 11 is 12.0. The van der Waals surface area contributed by atoms with Crippen molar-refractivity contribution in [3.8, 4) is 0 Å². The number of nitrogens with one attached hydrogen (secondary N) is 1. The molecule has 176 valence electrons. The molecule has 0 bridgehead atoms. The van der Waals surface area contributed by atoms with E-state index in [-0.39, 0.29) is 23.5 Å². The second-order valence-electron chi connectivity index (χ2n) is 7.50. The Kier molecular flexibility index (Phi) is 7.53. The van der Waals surface area contributed by atoms with Crippen molar-refractivity contribution >= 4 is 44.9 Å². The first-order valence-corrected chi connectivity index (χ1v) is 12.6. The van der Waals surface area contributed by atoms with Crippen LogP contribution in [0.1, 0.15) is 17.0 Å². The molecule has 0 saturated heterocycles. The lowest BCUT2D eigenvalue weighted by atomic mass is 9.91. The highest BCUT2D eigenvalue weighted by molar-refractivity contribution is 7.90. The van der Waals surface area contributed by atoms with E-state index in [9.17, 15) is 8.42 Å². The first-order chi connectivity index (χ1) is 16.4. The number of guanidine groups is 1. The number of halogens is 2. The second-order valence-corrected chi connectivity index (χ2v) is 10.1. The molecule has 1 atom stereocenters. The summed E-state index contributed by atoms with van der Waals surface area (Å²) in [6.07, 6.45) is 0. The number of aliphatic imine (C=N–C) groups is 1. The van der Waals surface area contributed by atoms with Crippen molar-refractivity contribution in [2.24, 2.45) is 10.1 Å². The Labute approximate surface area is 208 Å². The highest BCUT2D eigenvalue weighted by Crippen LogP contribution is 2.29. The number of rotatable bonds is 6. The van der Waals surface area contributed by atoms with Gasteiger partial charge in [0, 0.05) is 23.1 Å². The summed E-state index contributed by atoms with van der Waals surface area (Å²) in [6.45, 7) is 0.338. The van der Waals surface area contributed by atoms with E-state index in [1.807, 2.05) is 42.5 Å². The zero-order chi connectivity index (χ0) is 24.1. The molecule has 3 aromatic carbocycles. The van der Waals surface area contributed by atoms with E-state index in [4.69, 9.17) is 33.0 Å². The molecule has 1 aliphatic heterocycles. The minimum absolute atomic E-state index is 0.0449. The molecule has 1 heterocycles. The second kappa shape index (κ2) is 10.6. The van der Waals surface area contributed by atoms with Gasteiger partial charge in [0.1, 0.15) is 6.73 Å². The predicted molar refractivity (Wildman–Crippen MR) is 135 cm³/mol. The Bertz CT molecular complexity index is 1300. The van der Waals surface area contributed by atoms with Gasteiger partial charge in [-0.25, -0.2) is 23.1 Å². The normalized spacial score (nSPS) is 16.4. The topological polar surface area (TPSA) is 83.4 Å². The maximum absolute atomic E-state index is 13.0. The zero-order valence-electron chi connectivity index (χ0n) is 18.2. The number of hydrazone groups is 1. The summed E-state index contributed by atoms with van der Waals surface area (Å²) < 4.78 is 33.7. The SMILES string of the molecule is COCN=C(NS(=O)(=O)c1ccc(Cl)cc1)N1CC(c2ccccc2)C(c2ccc(Cl)cc2)=N1. The molecule has 0 saturated carbocycles. The van der Waals surface area contributed by atoms with Crippen LogP contribution in [0.4, 0.5) is 0 Å². The van der Waals surface area contributed by atoms with Gasteiger partial charge in [-0.3, -0.25) is 0 Å². The summed E-state index contributed by atoms with van der Waals surface area (Å²) in [5, 5.41) is 7.37. The van der Waals surface area contributed by atoms with Crippen LogP contribution >= 0.6 is 23.2 Å². The number of sulfonamides is 1. The minimum atomic E-state index is -3.94. The molecule has 1 aliphatic rings. The highest BCUT2D eigenvalue weighted by Gasteiger charge is 2.33. The van der Waals surface area contributed by atoms with Crippen LogP contribution in [0.25, 0.3) is 0 Å². The molecule has 7 nitrogen and oxygen atoms in total. The molecule has 1 unspecified atom stereocenters. The molecule has 0 fully saturated rings. The smallest absolute Gasteiger partial charge is 0.264 e. The van der Waals surface area contributed by atoms with E-state index in [1.165, 1.54) is 31.4 Å². The molecule has 10 heteroatoms. The lowest BCUT2D eigenvalue weighted by molar-refractivity contribution is 0.207. The third-order valence-corrected chi connectivity index (χ3v) is 7.04. The van der Waals surface area contributed by atoms with Gasteiger partial charge < -0.3 is 4.74 Å². The quantitative estimate of drug-likeness (QED) is 0.379. The van der Waals surface area contributed by atoms with Crippen molar-refractivity contribution in [1.82, 2.24) is 9.73 Å². The Balaban J connectivity index is 1.71. The fourth-order valence-electron chi connectivity index (χ4n) is 3.55. The molecule has 1 N–H and O–H groups in total. The number of hydrogen-bond acceptors (Lipinski definition) is 5. The lowest BCUT2D eigenvalue weighted by Crippen LogP contribution is -2.41. The predicted octanol–water partition coefficient (Wildman–Crippen LogP) is 4.74. The maximum Gasteiger partial charge on any atom is 0.264 e. The third-order valence-electron chi connectivity index (χ3n) is 5.19. The van der Waals surface area contributed by atoms with E-state index in [1.54, 1.807) is 17.1 Å². The van der Waals surface area contributed by atoms with Crippen molar-refractivity contribution in [1.29, 1.82) is 0 Å². The van der Waals surface area contributed by atoms with Gasteiger partial charge in [0.15, 0.2) is 0 Å². The highest BCUT2D eigenvalue weighted by atomic mass is 35.5. The van der Waals surface area contributed by atoms with Gasteiger partial charge in [0.2, 0.25) is 5.96 Å². The van der Waals surface area contributed by atoms with Crippen LogP contribution in [-0.4, -0.2) is 45.5 Å². The molecule has 0 aliphatic carbocycles. The van der Waals surface area contributed by atoms with Crippen LogP contribution < -0.4 is 4.72 Å². The molecule has 0 radical (unpaired) electrons. The molecule has 0 amide bonds. The monoisotopic (exact) mass is 516 g/mol. The average Bonchev–Trinajstić information content (AvgIpc) is 3.28. The number of nitrogens with zero attached hydrogens (tertiary/aromatic N) is 3. The fourth-order valence-corrected chi connectivity index (χ4v) is 4.82. The largest absolute Gasteiger partial charge is 0.362 e. The molecule has 4 rings (SSSR count). The number of ether oxygens (including phenoxy) is 1. The lowest BCUT2D eigenvalue weighted by Gasteiger charge is -2.19. The van der Waals surface area contributed by atoms with Gasteiger partial charge in [0.25, 0.3) is 10.0 Å². The Hall–Kier alpha value is -2.91. The Morgan fingerprint density at radius 3 is 2.26 bits per heavy atom. The fraction of sp³-hybridized carbons (Fsp3) is 0.167. The van der Waals surface area contributed by atoms with Gasteiger partial charge in [-0.1, -0.05) is 65.7 Å². The van der Waals surface area contributed by atoms with Crippen molar-refractivity contribution in [3.05, 3.63) is 100 Å². The van der Waals surface area contributed by atoms with Crippen molar-refractivity contribution in [2.75, 3.05) is 20.4 Å². The van der Waals surface area contributed by atoms with E-state index in [0.29, 0.717) is 16.6 Å². The first kappa shape index (κ1) is 24.2. The number of benzene rings is 3. The summed E-state index contributed by atoms with van der Waals surface area (Å²) in [6, 6.07) is 23.2. The van der Waals surface area contributed by atoms with Crippen LogP contribution in [0.15, 0.2) is 93.9 Å². The van der Waals surface area contributed by atoms with Gasteiger partial charge in [-0.15, -0.1) is 0 Å². The molecular weight excluding hydrogens is 495 g/mol. The molecular formula is C24H22Cl2N4O3S. The van der Waals surface area contributed by atoms with Crippen molar-refractivity contribution in [3.63, 3.8) is 0 Å². The van der Waals surface area contributed by atoms with Gasteiger partial charge in [0.05, 0.1) is 17.2 Å². The van der Waals surface area contributed by atoms with E-state index >= 15 is 0 Å². The molecule has 34 heavy (non-hydrogen) atoms. The van der Waals surface area contributed by atoms with Crippen molar-refractivity contribution < 1.29 is 13.2 Å². The summed E-state index contributed by atoms with van der Waals surface area (Å²) in [7, 11) is -2.46. The van der Waals surface area contributed by atoms with Gasteiger partial charge in [-0.05, 0) is 47.5 Å². The minimum Gasteiger partial charge on any atom is -0.362 e. The Morgan fingerprint density at radius 2 is 1.65 bits per heavy atom. The van der Waals surface area contributed by atoms with E-state index in [2.05, 4.69) is 9.71 Å². The summed E-state index contributed by atoms with van der Waals surface area (Å²) in [5.41, 5.74) is 2.71. The molecule has 0 aromatic heterocycles. The average molecular weight is 517 g/mol. The van der Waals surface area contributed by atoms with Crippen LogP contribution in [0.3, 0.4) is 0 Å². The standard InChI is InChI=1S/C24H22Cl2N4O3S/c1-33-16-27-24(29-34(31,32)21-13-11-20(26)12-14-21)30-15-22(17-5-3-2-4-6-17)23(28-30)18-7-9-19(25)10-8-18/h2-14,22H,15-16H2,1H3,(H,27,29). The summed E-state index contributed by atoms with van der Waals surface area (Å²) in [5.74, 6) is -0.0585. The van der Waals surface area contributed by atoms with Gasteiger partial charge >= 0.3 is 0 Å². The summed E-state index contributed by atoms with van der Waals surface area (Å²) in [4.78, 5) is 4.36. The van der Waals surface area contributed by atoms with Gasteiger partial charge in [-0.2, -0.15) is 5.10 Å². The number of methoxy groups -OCH3 is 1. The van der Waals surface area contributed by atoms with Crippen LogP contribution in [-0.2, 0) is 14.8 Å². The number of hydrogen-bond donors (Lipinski definition) is 1. The molecule has 3 aromatic rings. The van der Waals surface area contributed by atoms with E-state index in [0.717, 1.165) is 16.8 Å².